The van der Waals surface area contributed by atoms with Crippen LogP contribution in [0.25, 0.3) is 0 Å². The van der Waals surface area contributed by atoms with Gasteiger partial charge in [-0.05, 0) is 57.2 Å². The van der Waals surface area contributed by atoms with E-state index in [0.29, 0.717) is 11.8 Å². The molecule has 2 fully saturated rings. The highest BCUT2D eigenvalue weighted by Crippen LogP contribution is 2.40. The molecule has 116 valence electrons. The maximum absolute atomic E-state index is 12.0. The molecule has 1 unspecified atom stereocenters. The molecule has 1 aliphatic carbocycles. The lowest BCUT2D eigenvalue weighted by atomic mass is 9.89. The Bertz CT molecular complexity index is 325. The maximum atomic E-state index is 12.0. The first-order valence-corrected chi connectivity index (χ1v) is 7.88. The molecule has 5 nitrogen and oxygen atoms in total. The largest absolute Gasteiger partial charge is 0.384 e. The normalized spacial score (nSPS) is 24.5. The van der Waals surface area contributed by atoms with Crippen molar-refractivity contribution in [3.8, 4) is 0 Å². The molecular formula is C15H29N3O2. The number of nitrogens with two attached hydrogens (primary N) is 1. The van der Waals surface area contributed by atoms with Crippen molar-refractivity contribution in [1.29, 1.82) is 0 Å². The Hall–Kier alpha value is -0.650. The minimum atomic E-state index is -0.511. The Morgan fingerprint density at radius 2 is 2.00 bits per heavy atom. The number of methoxy groups -OCH3 is 1. The first-order chi connectivity index (χ1) is 9.62. The van der Waals surface area contributed by atoms with Crippen molar-refractivity contribution in [3.05, 3.63) is 0 Å². The standard InChI is InChI=1S/C15H29N3O2/c1-3-17-15(14(16)19,13-4-5-13)11-18-8-6-12(7-9-18)10-20-2/h12-13,17H,3-11H2,1-2H3,(H2,16,19). The molecule has 1 amide bonds. The van der Waals surface area contributed by atoms with Crippen LogP contribution in [0.3, 0.4) is 0 Å². The summed E-state index contributed by atoms with van der Waals surface area (Å²) in [4.78, 5) is 14.4. The quantitative estimate of drug-likeness (QED) is 0.684. The lowest BCUT2D eigenvalue weighted by Gasteiger charge is -2.40. The van der Waals surface area contributed by atoms with Crippen molar-refractivity contribution in [3.63, 3.8) is 0 Å². The van der Waals surface area contributed by atoms with Crippen LogP contribution in [0.1, 0.15) is 32.6 Å². The van der Waals surface area contributed by atoms with Crippen LogP contribution in [0.4, 0.5) is 0 Å². The molecule has 20 heavy (non-hydrogen) atoms. The second kappa shape index (κ2) is 6.87. The molecule has 0 bridgehead atoms. The molecule has 5 heteroatoms. The highest BCUT2D eigenvalue weighted by molar-refractivity contribution is 5.86. The molecule has 3 N–H and O–H groups in total. The molecule has 1 aliphatic heterocycles. The molecule has 1 atom stereocenters. The van der Waals surface area contributed by atoms with Gasteiger partial charge < -0.3 is 20.7 Å². The SMILES string of the molecule is CCNC(CN1CCC(COC)CC1)(C(N)=O)C1CC1. The van der Waals surface area contributed by atoms with E-state index in [1.54, 1.807) is 7.11 Å². The first kappa shape index (κ1) is 15.7. The van der Waals surface area contributed by atoms with Crippen molar-refractivity contribution >= 4 is 5.91 Å². The second-order valence-electron chi connectivity index (χ2n) is 6.32. The van der Waals surface area contributed by atoms with Crippen molar-refractivity contribution in [2.75, 3.05) is 39.9 Å². The second-order valence-corrected chi connectivity index (χ2v) is 6.32. The molecule has 2 rings (SSSR count). The Balaban J connectivity index is 1.93. The number of nitrogens with one attached hydrogen (secondary N) is 1. The number of likely N-dealkylation sites (N-methyl/N-ethyl adjacent to an activating group) is 1. The zero-order valence-electron chi connectivity index (χ0n) is 12.9. The van der Waals surface area contributed by atoms with E-state index in [1.807, 2.05) is 6.92 Å². The molecule has 0 spiro atoms. The van der Waals surface area contributed by atoms with Gasteiger partial charge in [0.1, 0.15) is 5.54 Å². The van der Waals surface area contributed by atoms with E-state index in [1.165, 1.54) is 0 Å². The summed E-state index contributed by atoms with van der Waals surface area (Å²) < 4.78 is 5.24. The van der Waals surface area contributed by atoms with Gasteiger partial charge in [0.15, 0.2) is 0 Å². The number of ether oxygens (including phenoxy) is 1. The van der Waals surface area contributed by atoms with E-state index >= 15 is 0 Å². The van der Waals surface area contributed by atoms with Gasteiger partial charge >= 0.3 is 0 Å². The number of amides is 1. The van der Waals surface area contributed by atoms with Crippen LogP contribution >= 0.6 is 0 Å². The van der Waals surface area contributed by atoms with E-state index in [2.05, 4.69) is 10.2 Å². The van der Waals surface area contributed by atoms with Crippen LogP contribution in [0, 0.1) is 11.8 Å². The monoisotopic (exact) mass is 283 g/mol. The van der Waals surface area contributed by atoms with E-state index in [4.69, 9.17) is 10.5 Å². The van der Waals surface area contributed by atoms with Gasteiger partial charge in [0.2, 0.25) is 5.91 Å². The van der Waals surface area contributed by atoms with Gasteiger partial charge in [-0.3, -0.25) is 4.79 Å². The van der Waals surface area contributed by atoms with Gasteiger partial charge in [0, 0.05) is 20.3 Å². The molecule has 1 saturated carbocycles. The number of carbonyl (C=O) groups is 1. The molecule has 0 aromatic carbocycles. The maximum Gasteiger partial charge on any atom is 0.239 e. The Morgan fingerprint density at radius 3 is 2.45 bits per heavy atom. The summed E-state index contributed by atoms with van der Waals surface area (Å²) in [6.07, 6.45) is 4.55. The summed E-state index contributed by atoms with van der Waals surface area (Å²) in [5.74, 6) is 0.914. The highest BCUT2D eigenvalue weighted by atomic mass is 16.5. The minimum absolute atomic E-state index is 0.180. The molecular weight excluding hydrogens is 254 g/mol. The Labute approximate surface area is 122 Å². The average Bonchev–Trinajstić information content (AvgIpc) is 3.25. The Kier molecular flexibility index (Phi) is 5.41. The molecule has 0 aromatic rings. The van der Waals surface area contributed by atoms with Gasteiger partial charge in [-0.25, -0.2) is 0 Å². The minimum Gasteiger partial charge on any atom is -0.384 e. The summed E-state index contributed by atoms with van der Waals surface area (Å²) in [7, 11) is 1.77. The van der Waals surface area contributed by atoms with Crippen LogP contribution in [0.15, 0.2) is 0 Å². The average molecular weight is 283 g/mol. The number of piperidine rings is 1. The van der Waals surface area contributed by atoms with Gasteiger partial charge in [0.25, 0.3) is 0 Å². The Morgan fingerprint density at radius 1 is 1.35 bits per heavy atom. The predicted molar refractivity (Wildman–Crippen MR) is 79.4 cm³/mol. The molecule has 1 saturated heterocycles. The summed E-state index contributed by atoms with van der Waals surface area (Å²) in [5.41, 5.74) is 5.23. The molecule has 1 heterocycles. The molecule has 0 radical (unpaired) electrons. The third-order valence-corrected chi connectivity index (χ3v) is 4.79. The number of carbonyl (C=O) groups excluding carboxylic acids is 1. The number of hydrogen-bond acceptors (Lipinski definition) is 4. The van der Waals surface area contributed by atoms with Crippen LogP contribution in [-0.4, -0.2) is 56.2 Å². The number of likely N-dealkylation sites (tertiary alicyclic amines) is 1. The molecule has 0 aromatic heterocycles. The van der Waals surface area contributed by atoms with Crippen molar-refractivity contribution < 1.29 is 9.53 Å². The lowest BCUT2D eigenvalue weighted by Crippen LogP contribution is -2.63. The number of hydrogen-bond donors (Lipinski definition) is 2. The predicted octanol–water partition coefficient (Wildman–Crippen LogP) is 0.588. The van der Waals surface area contributed by atoms with Gasteiger partial charge in [0.05, 0.1) is 0 Å². The smallest absolute Gasteiger partial charge is 0.239 e. The van der Waals surface area contributed by atoms with Crippen molar-refractivity contribution in [2.45, 2.75) is 38.1 Å². The van der Waals surface area contributed by atoms with E-state index in [9.17, 15) is 4.79 Å². The third-order valence-electron chi connectivity index (χ3n) is 4.79. The highest BCUT2D eigenvalue weighted by Gasteiger charge is 2.50. The van der Waals surface area contributed by atoms with Gasteiger partial charge in [-0.1, -0.05) is 6.92 Å². The molecule has 2 aliphatic rings. The van der Waals surface area contributed by atoms with Gasteiger partial charge in [-0.15, -0.1) is 0 Å². The van der Waals surface area contributed by atoms with Crippen LogP contribution in [0.5, 0.6) is 0 Å². The van der Waals surface area contributed by atoms with E-state index < -0.39 is 5.54 Å². The van der Waals surface area contributed by atoms with E-state index in [0.717, 1.165) is 58.5 Å². The zero-order chi connectivity index (χ0) is 14.6. The van der Waals surface area contributed by atoms with Crippen molar-refractivity contribution in [2.24, 2.45) is 17.6 Å². The number of rotatable bonds is 8. The fourth-order valence-corrected chi connectivity index (χ4v) is 3.49. The summed E-state index contributed by atoms with van der Waals surface area (Å²) in [6, 6.07) is 0. The third kappa shape index (κ3) is 3.51. The fourth-order valence-electron chi connectivity index (χ4n) is 3.49. The number of primary amides is 1. The van der Waals surface area contributed by atoms with Gasteiger partial charge in [-0.2, -0.15) is 0 Å². The number of nitrogens with zero attached hydrogens (tertiary/aromatic N) is 1. The van der Waals surface area contributed by atoms with E-state index in [-0.39, 0.29) is 5.91 Å². The summed E-state index contributed by atoms with van der Waals surface area (Å²) >= 11 is 0. The van der Waals surface area contributed by atoms with Crippen LogP contribution in [0.2, 0.25) is 0 Å². The topological polar surface area (TPSA) is 67.6 Å². The summed E-state index contributed by atoms with van der Waals surface area (Å²) in [6.45, 7) is 6.54. The lowest BCUT2D eigenvalue weighted by molar-refractivity contribution is -0.126. The van der Waals surface area contributed by atoms with Crippen LogP contribution in [-0.2, 0) is 9.53 Å². The van der Waals surface area contributed by atoms with Crippen LogP contribution < -0.4 is 11.1 Å². The fraction of sp³-hybridized carbons (Fsp3) is 0.933. The zero-order valence-corrected chi connectivity index (χ0v) is 12.9. The van der Waals surface area contributed by atoms with Crippen molar-refractivity contribution in [1.82, 2.24) is 10.2 Å². The first-order valence-electron chi connectivity index (χ1n) is 7.88. The summed E-state index contributed by atoms with van der Waals surface area (Å²) in [5, 5.41) is 3.40.